The van der Waals surface area contributed by atoms with E-state index in [-0.39, 0.29) is 17.1 Å². The highest BCUT2D eigenvalue weighted by atomic mass is 35.5. The molecule has 0 N–H and O–H groups in total. The molecular formula is C21H37ClO3. The Labute approximate surface area is 159 Å². The van der Waals surface area contributed by atoms with Gasteiger partial charge in [-0.05, 0) is 64.0 Å². The predicted molar refractivity (Wildman–Crippen MR) is 106 cm³/mol. The van der Waals surface area contributed by atoms with E-state index >= 15 is 0 Å². The summed E-state index contributed by atoms with van der Waals surface area (Å²) < 4.78 is 4.91. The second-order valence-electron chi connectivity index (χ2n) is 6.84. The Morgan fingerprint density at radius 1 is 0.960 bits per heavy atom. The van der Waals surface area contributed by atoms with E-state index in [1.54, 1.807) is 0 Å². The largest absolute Gasteiger partial charge is 0.466 e. The predicted octanol–water partition coefficient (Wildman–Crippen LogP) is 6.58. The zero-order chi connectivity index (χ0) is 18.9. The Balaban J connectivity index is 3.86. The topological polar surface area (TPSA) is 43.4 Å². The average molecular weight is 373 g/mol. The third kappa shape index (κ3) is 15.2. The number of allylic oxidation sites excluding steroid dienone is 2. The summed E-state index contributed by atoms with van der Waals surface area (Å²) in [6, 6.07) is 0. The molecule has 0 aromatic rings. The zero-order valence-corrected chi connectivity index (χ0v) is 17.2. The van der Waals surface area contributed by atoms with Crippen molar-refractivity contribution >= 4 is 22.8 Å². The molecule has 0 spiro atoms. The lowest BCUT2D eigenvalue weighted by molar-refractivity contribution is -0.143. The molecule has 0 aliphatic carbocycles. The molecule has 1 atom stereocenters. The second-order valence-corrected chi connectivity index (χ2v) is 7.22. The van der Waals surface area contributed by atoms with E-state index in [1.807, 2.05) is 6.92 Å². The van der Waals surface area contributed by atoms with Gasteiger partial charge in [0.05, 0.1) is 6.61 Å². The fourth-order valence-corrected chi connectivity index (χ4v) is 3.12. The molecule has 0 amide bonds. The van der Waals surface area contributed by atoms with Crippen molar-refractivity contribution in [2.45, 2.75) is 97.8 Å². The summed E-state index contributed by atoms with van der Waals surface area (Å²) in [6.45, 7) is 6.66. The highest BCUT2D eigenvalue weighted by molar-refractivity contribution is 6.63. The minimum Gasteiger partial charge on any atom is -0.466 e. The molecule has 0 aromatic carbocycles. The van der Waals surface area contributed by atoms with Crippen LogP contribution >= 0.6 is 11.6 Å². The van der Waals surface area contributed by atoms with Crippen LogP contribution in [0.1, 0.15) is 97.8 Å². The van der Waals surface area contributed by atoms with E-state index in [2.05, 4.69) is 19.9 Å². The Bertz CT molecular complexity index is 391. The minimum absolute atomic E-state index is 0.0357. The van der Waals surface area contributed by atoms with Crippen LogP contribution in [0.5, 0.6) is 0 Å². The number of hydrogen-bond acceptors (Lipinski definition) is 3. The molecule has 4 heteroatoms. The van der Waals surface area contributed by atoms with Gasteiger partial charge in [-0.15, -0.1) is 0 Å². The van der Waals surface area contributed by atoms with Crippen molar-refractivity contribution in [3.8, 4) is 0 Å². The van der Waals surface area contributed by atoms with Crippen molar-refractivity contribution in [3.63, 3.8) is 0 Å². The summed E-state index contributed by atoms with van der Waals surface area (Å²) in [6.07, 6.45) is 14.2. The zero-order valence-electron chi connectivity index (χ0n) is 16.4. The number of rotatable bonds is 16. The highest BCUT2D eigenvalue weighted by Crippen LogP contribution is 2.20. The van der Waals surface area contributed by atoms with Gasteiger partial charge < -0.3 is 4.74 Å². The fraction of sp³-hybridized carbons (Fsp3) is 0.810. The number of halogens is 1. The summed E-state index contributed by atoms with van der Waals surface area (Å²) in [5.41, 5.74) is 1.42. The average Bonchev–Trinajstić information content (AvgIpc) is 2.56. The van der Waals surface area contributed by atoms with E-state index in [4.69, 9.17) is 16.3 Å². The summed E-state index contributed by atoms with van der Waals surface area (Å²) in [4.78, 5) is 22.8. The van der Waals surface area contributed by atoms with Crippen LogP contribution in [0.4, 0.5) is 0 Å². The van der Waals surface area contributed by atoms with Gasteiger partial charge in [0.15, 0.2) is 0 Å². The molecule has 0 fully saturated rings. The molecule has 0 heterocycles. The monoisotopic (exact) mass is 372 g/mol. The van der Waals surface area contributed by atoms with Crippen LogP contribution in [-0.2, 0) is 14.3 Å². The summed E-state index contributed by atoms with van der Waals surface area (Å²) in [5, 5.41) is -0.205. The SMILES string of the molecule is CCCCCC(C)=CCCC(CCCCCCC(=O)OCC)C(=O)Cl. The van der Waals surface area contributed by atoms with Crippen LogP contribution in [0, 0.1) is 5.92 Å². The standard InChI is InChI=1S/C21H37ClO3/c1-4-6-9-13-18(3)14-12-16-19(21(22)24)15-10-7-8-11-17-20(23)25-5-2/h14,19H,4-13,15-17H2,1-3H3. The van der Waals surface area contributed by atoms with Gasteiger partial charge in [0.1, 0.15) is 0 Å². The first kappa shape index (κ1) is 24.2. The maximum atomic E-state index is 11.6. The Hall–Kier alpha value is -0.830. The summed E-state index contributed by atoms with van der Waals surface area (Å²) in [5.74, 6) is -0.149. The number of ether oxygens (including phenoxy) is 1. The summed E-state index contributed by atoms with van der Waals surface area (Å²) in [7, 11) is 0. The van der Waals surface area contributed by atoms with Crippen molar-refractivity contribution in [1.82, 2.24) is 0 Å². The van der Waals surface area contributed by atoms with Gasteiger partial charge in [0, 0.05) is 12.3 Å². The first-order chi connectivity index (χ1) is 12.0. The lowest BCUT2D eigenvalue weighted by Crippen LogP contribution is -2.08. The smallest absolute Gasteiger partial charge is 0.305 e. The van der Waals surface area contributed by atoms with Crippen molar-refractivity contribution in [2.24, 2.45) is 5.92 Å². The van der Waals surface area contributed by atoms with Gasteiger partial charge >= 0.3 is 5.97 Å². The third-order valence-corrected chi connectivity index (χ3v) is 4.80. The van der Waals surface area contributed by atoms with Crippen LogP contribution in [-0.4, -0.2) is 17.8 Å². The van der Waals surface area contributed by atoms with Crippen LogP contribution in [0.2, 0.25) is 0 Å². The fourth-order valence-electron chi connectivity index (χ4n) is 2.90. The number of carbonyl (C=O) groups is 2. The molecule has 0 aliphatic heterocycles. The molecule has 0 radical (unpaired) electrons. The van der Waals surface area contributed by atoms with Crippen molar-refractivity contribution < 1.29 is 14.3 Å². The molecule has 0 rings (SSSR count). The molecule has 0 saturated carbocycles. The van der Waals surface area contributed by atoms with Gasteiger partial charge in [-0.3, -0.25) is 9.59 Å². The minimum atomic E-state index is -0.205. The van der Waals surface area contributed by atoms with Gasteiger partial charge in [0.2, 0.25) is 5.24 Å². The molecule has 1 unspecified atom stereocenters. The first-order valence-corrected chi connectivity index (χ1v) is 10.4. The van der Waals surface area contributed by atoms with Crippen LogP contribution in [0.25, 0.3) is 0 Å². The molecular weight excluding hydrogens is 336 g/mol. The third-order valence-electron chi connectivity index (χ3n) is 4.49. The molecule has 0 aliphatic rings. The highest BCUT2D eigenvalue weighted by Gasteiger charge is 2.15. The lowest BCUT2D eigenvalue weighted by atomic mass is 9.96. The molecule has 0 bridgehead atoms. The summed E-state index contributed by atoms with van der Waals surface area (Å²) >= 11 is 5.76. The maximum absolute atomic E-state index is 11.6. The molecule has 3 nitrogen and oxygen atoms in total. The Kier molecular flexibility index (Phi) is 16.1. The van der Waals surface area contributed by atoms with E-state index in [9.17, 15) is 9.59 Å². The van der Waals surface area contributed by atoms with E-state index in [0.29, 0.717) is 13.0 Å². The van der Waals surface area contributed by atoms with Crippen LogP contribution < -0.4 is 0 Å². The van der Waals surface area contributed by atoms with Crippen molar-refractivity contribution in [1.29, 1.82) is 0 Å². The first-order valence-electron chi connectivity index (χ1n) is 10.0. The Morgan fingerprint density at radius 2 is 1.64 bits per heavy atom. The van der Waals surface area contributed by atoms with E-state index < -0.39 is 0 Å². The maximum Gasteiger partial charge on any atom is 0.305 e. The molecule has 25 heavy (non-hydrogen) atoms. The lowest BCUT2D eigenvalue weighted by Gasteiger charge is -2.11. The van der Waals surface area contributed by atoms with Crippen LogP contribution in [0.15, 0.2) is 11.6 Å². The molecule has 146 valence electrons. The number of carbonyl (C=O) groups excluding carboxylic acids is 2. The normalized spacial score (nSPS) is 12.9. The molecule has 0 aromatic heterocycles. The van der Waals surface area contributed by atoms with Gasteiger partial charge in [0.25, 0.3) is 0 Å². The number of esters is 1. The van der Waals surface area contributed by atoms with Gasteiger partial charge in [-0.2, -0.15) is 0 Å². The number of unbranched alkanes of at least 4 members (excludes halogenated alkanes) is 5. The number of hydrogen-bond donors (Lipinski definition) is 0. The second kappa shape index (κ2) is 16.6. The van der Waals surface area contributed by atoms with E-state index in [0.717, 1.165) is 51.4 Å². The molecule has 0 saturated heterocycles. The van der Waals surface area contributed by atoms with Crippen LogP contribution in [0.3, 0.4) is 0 Å². The van der Waals surface area contributed by atoms with Crippen molar-refractivity contribution in [2.75, 3.05) is 6.61 Å². The van der Waals surface area contributed by atoms with Crippen molar-refractivity contribution in [3.05, 3.63) is 11.6 Å². The van der Waals surface area contributed by atoms with Gasteiger partial charge in [-0.1, -0.05) is 50.7 Å². The van der Waals surface area contributed by atoms with E-state index in [1.165, 1.54) is 24.8 Å². The van der Waals surface area contributed by atoms with Gasteiger partial charge in [-0.25, -0.2) is 0 Å². The quantitative estimate of drug-likeness (QED) is 0.133. The Morgan fingerprint density at radius 3 is 2.28 bits per heavy atom.